The van der Waals surface area contributed by atoms with E-state index in [9.17, 15) is 14.4 Å². The predicted molar refractivity (Wildman–Crippen MR) is 137 cm³/mol. The molecule has 0 aromatic heterocycles. The van der Waals surface area contributed by atoms with Crippen molar-refractivity contribution >= 4 is 23.4 Å². The zero-order valence-electron chi connectivity index (χ0n) is 21.1. The maximum Gasteiger partial charge on any atom is 0.243 e. The lowest BCUT2D eigenvalue weighted by atomic mass is 10.1. The Morgan fingerprint density at radius 2 is 1.70 bits per heavy atom. The minimum Gasteiger partial charge on any atom is -0.454 e. The van der Waals surface area contributed by atoms with Crippen LogP contribution in [0.25, 0.3) is 0 Å². The largest absolute Gasteiger partial charge is 0.454 e. The van der Waals surface area contributed by atoms with Crippen LogP contribution in [0.1, 0.15) is 17.5 Å². The zero-order chi connectivity index (χ0) is 25.8. The lowest BCUT2D eigenvalue weighted by Gasteiger charge is -2.38. The third-order valence-corrected chi connectivity index (χ3v) is 7.03. The first kappa shape index (κ1) is 25.0. The van der Waals surface area contributed by atoms with Gasteiger partial charge in [0.25, 0.3) is 0 Å². The van der Waals surface area contributed by atoms with Gasteiger partial charge in [-0.25, -0.2) is 0 Å². The van der Waals surface area contributed by atoms with E-state index in [4.69, 9.17) is 9.47 Å². The highest BCUT2D eigenvalue weighted by molar-refractivity contribution is 5.97. The summed E-state index contributed by atoms with van der Waals surface area (Å²) >= 11 is 0. The van der Waals surface area contributed by atoms with Crippen LogP contribution < -0.4 is 20.1 Å². The van der Waals surface area contributed by atoms with Crippen molar-refractivity contribution in [2.75, 3.05) is 57.9 Å². The van der Waals surface area contributed by atoms with Crippen LogP contribution in [0.5, 0.6) is 11.5 Å². The number of hydrogen-bond acceptors (Lipinski definition) is 7. The number of ether oxygens (including phenoxy) is 2. The van der Waals surface area contributed by atoms with E-state index in [0.717, 1.165) is 49.8 Å². The number of carbonyl (C=O) groups excluding carboxylic acids is 3. The molecule has 1 atom stereocenters. The zero-order valence-corrected chi connectivity index (χ0v) is 21.1. The Balaban J connectivity index is 1.11. The molecule has 5 rings (SSSR count). The lowest BCUT2D eigenvalue weighted by molar-refractivity contribution is -0.145. The Hall–Kier alpha value is -3.63. The molecule has 0 spiro atoms. The highest BCUT2D eigenvalue weighted by Gasteiger charge is 2.35. The quantitative estimate of drug-likeness (QED) is 0.581. The van der Waals surface area contributed by atoms with E-state index < -0.39 is 6.04 Å². The second kappa shape index (κ2) is 11.2. The van der Waals surface area contributed by atoms with Gasteiger partial charge in [-0.3, -0.25) is 24.2 Å². The molecule has 10 heteroatoms. The van der Waals surface area contributed by atoms with Gasteiger partial charge in [0.1, 0.15) is 6.04 Å². The van der Waals surface area contributed by atoms with Crippen LogP contribution in [0.3, 0.4) is 0 Å². The molecule has 3 amide bonds. The van der Waals surface area contributed by atoms with Crippen molar-refractivity contribution in [3.05, 3.63) is 53.6 Å². The molecule has 0 saturated carbocycles. The summed E-state index contributed by atoms with van der Waals surface area (Å²) in [5.74, 6) is 0.874. The molecule has 0 radical (unpaired) electrons. The monoisotopic (exact) mass is 507 g/mol. The van der Waals surface area contributed by atoms with Crippen molar-refractivity contribution < 1.29 is 23.9 Å². The van der Waals surface area contributed by atoms with Crippen LogP contribution in [0.15, 0.2) is 42.5 Å². The molecule has 37 heavy (non-hydrogen) atoms. The van der Waals surface area contributed by atoms with E-state index in [-0.39, 0.29) is 37.5 Å². The highest BCUT2D eigenvalue weighted by atomic mass is 16.7. The standard InChI is InChI=1S/C27H33N5O5/c1-19-2-5-21(6-3-19)29-25(33)15-22-27(35)28-8-9-32(22)26(34)17-31-12-10-30(11-13-31)16-20-4-7-23-24(14-20)37-18-36-23/h2-7,14,22H,8-13,15-18H2,1H3,(H,28,35)(H,29,33)/t22-/m1/s1. The summed E-state index contributed by atoms with van der Waals surface area (Å²) < 4.78 is 10.9. The third-order valence-electron chi connectivity index (χ3n) is 7.03. The molecular weight excluding hydrogens is 474 g/mol. The topological polar surface area (TPSA) is 103 Å². The number of nitrogens with zero attached hydrogens (tertiary/aromatic N) is 3. The molecule has 2 N–H and O–H groups in total. The van der Waals surface area contributed by atoms with Gasteiger partial charge in [0.15, 0.2) is 11.5 Å². The fraction of sp³-hybridized carbons (Fsp3) is 0.444. The fourth-order valence-corrected chi connectivity index (χ4v) is 4.93. The van der Waals surface area contributed by atoms with Crippen LogP contribution in [0.2, 0.25) is 0 Å². The van der Waals surface area contributed by atoms with Gasteiger partial charge in [-0.1, -0.05) is 23.8 Å². The summed E-state index contributed by atoms with van der Waals surface area (Å²) in [4.78, 5) is 44.5. The molecule has 2 aromatic rings. The average Bonchev–Trinajstić information content (AvgIpc) is 3.36. The Labute approximate surface area is 216 Å². The molecule has 3 heterocycles. The second-order valence-electron chi connectivity index (χ2n) is 9.75. The van der Waals surface area contributed by atoms with Gasteiger partial charge in [0.05, 0.1) is 13.0 Å². The maximum absolute atomic E-state index is 13.2. The first-order valence-corrected chi connectivity index (χ1v) is 12.7. The molecule has 0 aliphatic carbocycles. The molecular formula is C27H33N5O5. The van der Waals surface area contributed by atoms with E-state index in [1.54, 1.807) is 4.90 Å². The van der Waals surface area contributed by atoms with Crippen molar-refractivity contribution in [2.45, 2.75) is 25.9 Å². The molecule has 2 aromatic carbocycles. The minimum atomic E-state index is -0.806. The second-order valence-corrected chi connectivity index (χ2v) is 9.75. The van der Waals surface area contributed by atoms with E-state index in [1.807, 2.05) is 43.3 Å². The van der Waals surface area contributed by atoms with Crippen molar-refractivity contribution in [2.24, 2.45) is 0 Å². The number of hydrogen-bond donors (Lipinski definition) is 2. The minimum absolute atomic E-state index is 0.0746. The van der Waals surface area contributed by atoms with Crippen molar-refractivity contribution in [3.8, 4) is 11.5 Å². The first-order valence-electron chi connectivity index (χ1n) is 12.7. The number of nitrogens with one attached hydrogen (secondary N) is 2. The molecule has 10 nitrogen and oxygen atoms in total. The number of piperazine rings is 2. The van der Waals surface area contributed by atoms with Gasteiger partial charge in [-0.15, -0.1) is 0 Å². The SMILES string of the molecule is Cc1ccc(NC(=O)C[C@@H]2C(=O)NCCN2C(=O)CN2CCN(Cc3ccc4c(c3)OCO4)CC2)cc1. The lowest BCUT2D eigenvalue weighted by Crippen LogP contribution is -2.60. The number of carbonyl (C=O) groups is 3. The molecule has 2 fully saturated rings. The van der Waals surface area contributed by atoms with Gasteiger partial charge in [-0.05, 0) is 36.8 Å². The molecule has 3 aliphatic rings. The number of benzene rings is 2. The Morgan fingerprint density at radius 1 is 0.973 bits per heavy atom. The summed E-state index contributed by atoms with van der Waals surface area (Å²) in [5.41, 5.74) is 2.93. The van der Waals surface area contributed by atoms with E-state index in [0.29, 0.717) is 18.8 Å². The van der Waals surface area contributed by atoms with Crippen molar-refractivity contribution in [3.63, 3.8) is 0 Å². The summed E-state index contributed by atoms with van der Waals surface area (Å²) in [7, 11) is 0. The van der Waals surface area contributed by atoms with E-state index in [1.165, 1.54) is 5.56 Å². The van der Waals surface area contributed by atoms with Crippen LogP contribution in [-0.4, -0.2) is 91.1 Å². The first-order chi connectivity index (χ1) is 17.9. The Bertz CT molecular complexity index is 1150. The predicted octanol–water partition coefficient (Wildman–Crippen LogP) is 1.20. The van der Waals surface area contributed by atoms with E-state index >= 15 is 0 Å². The van der Waals surface area contributed by atoms with Gasteiger partial charge >= 0.3 is 0 Å². The van der Waals surface area contributed by atoms with Crippen LogP contribution in [0.4, 0.5) is 5.69 Å². The van der Waals surface area contributed by atoms with Gasteiger partial charge < -0.3 is 25.0 Å². The number of rotatable bonds is 7. The van der Waals surface area contributed by atoms with Gasteiger partial charge in [0, 0.05) is 51.5 Å². The summed E-state index contributed by atoms with van der Waals surface area (Å²) in [6.07, 6.45) is -0.0746. The third kappa shape index (κ3) is 6.20. The van der Waals surface area contributed by atoms with Crippen LogP contribution >= 0.6 is 0 Å². The summed E-state index contributed by atoms with van der Waals surface area (Å²) in [6, 6.07) is 12.7. The summed E-state index contributed by atoms with van der Waals surface area (Å²) in [6.45, 7) is 7.27. The Morgan fingerprint density at radius 3 is 2.49 bits per heavy atom. The van der Waals surface area contributed by atoms with Crippen LogP contribution in [0, 0.1) is 6.92 Å². The molecule has 0 unspecified atom stereocenters. The molecule has 0 bridgehead atoms. The van der Waals surface area contributed by atoms with E-state index in [2.05, 4.69) is 26.5 Å². The molecule has 2 saturated heterocycles. The smallest absolute Gasteiger partial charge is 0.243 e. The van der Waals surface area contributed by atoms with Crippen molar-refractivity contribution in [1.82, 2.24) is 20.0 Å². The van der Waals surface area contributed by atoms with Crippen molar-refractivity contribution in [1.29, 1.82) is 0 Å². The average molecular weight is 508 g/mol. The number of anilines is 1. The van der Waals surface area contributed by atoms with Gasteiger partial charge in [-0.2, -0.15) is 0 Å². The number of fused-ring (bicyclic) bond motifs is 1. The normalized spacial score (nSPS) is 20.0. The highest BCUT2D eigenvalue weighted by Crippen LogP contribution is 2.32. The molecule has 196 valence electrons. The number of amides is 3. The molecule has 3 aliphatic heterocycles. The summed E-state index contributed by atoms with van der Waals surface area (Å²) in [5, 5.41) is 5.62. The fourth-order valence-electron chi connectivity index (χ4n) is 4.93. The maximum atomic E-state index is 13.2. The van der Waals surface area contributed by atoms with Crippen LogP contribution in [-0.2, 0) is 20.9 Å². The van der Waals surface area contributed by atoms with Gasteiger partial charge in [0.2, 0.25) is 24.5 Å². The number of aryl methyl sites for hydroxylation is 1. The Kier molecular flexibility index (Phi) is 7.57.